The molecule has 2 aliphatic rings. The number of hydrogen-bond donors (Lipinski definition) is 1. The first-order valence-corrected chi connectivity index (χ1v) is 6.47. The highest BCUT2D eigenvalue weighted by Gasteiger charge is 2.38. The van der Waals surface area contributed by atoms with Crippen molar-refractivity contribution in [2.24, 2.45) is 11.7 Å². The van der Waals surface area contributed by atoms with Crippen LogP contribution in [0.25, 0.3) is 0 Å². The van der Waals surface area contributed by atoms with Crippen molar-refractivity contribution >= 4 is 5.69 Å². The number of rotatable bonds is 2. The van der Waals surface area contributed by atoms with E-state index in [2.05, 4.69) is 4.90 Å². The van der Waals surface area contributed by atoms with Gasteiger partial charge in [-0.25, -0.2) is 4.39 Å². The Kier molecular flexibility index (Phi) is 2.58. The van der Waals surface area contributed by atoms with E-state index in [1.807, 2.05) is 19.1 Å². The van der Waals surface area contributed by atoms with E-state index < -0.39 is 0 Å². The second-order valence-corrected chi connectivity index (χ2v) is 5.48. The first-order chi connectivity index (χ1) is 8.15. The fourth-order valence-electron chi connectivity index (χ4n) is 3.26. The van der Waals surface area contributed by atoms with Gasteiger partial charge in [0.05, 0.1) is 5.69 Å². The molecule has 1 aromatic rings. The van der Waals surface area contributed by atoms with Gasteiger partial charge in [0.25, 0.3) is 0 Å². The van der Waals surface area contributed by atoms with E-state index in [1.165, 1.54) is 19.3 Å². The molecule has 1 aliphatic heterocycles. The zero-order valence-electron chi connectivity index (χ0n) is 10.2. The second kappa shape index (κ2) is 3.98. The van der Waals surface area contributed by atoms with Gasteiger partial charge in [-0.3, -0.25) is 0 Å². The van der Waals surface area contributed by atoms with Gasteiger partial charge in [-0.15, -0.1) is 0 Å². The molecular formula is C14H19FN2. The summed E-state index contributed by atoms with van der Waals surface area (Å²) in [4.78, 5) is 2.24. The van der Waals surface area contributed by atoms with Crippen LogP contribution in [0.3, 0.4) is 0 Å². The minimum absolute atomic E-state index is 0.103. The molecule has 0 aromatic heterocycles. The van der Waals surface area contributed by atoms with Crippen molar-refractivity contribution in [3.05, 3.63) is 29.6 Å². The summed E-state index contributed by atoms with van der Waals surface area (Å²) in [5.74, 6) is 0.667. The molecular weight excluding hydrogens is 215 g/mol. The Morgan fingerprint density at radius 1 is 1.41 bits per heavy atom. The smallest absolute Gasteiger partial charge is 0.146 e. The molecule has 2 bridgehead atoms. The van der Waals surface area contributed by atoms with Crippen molar-refractivity contribution in [2.75, 3.05) is 11.4 Å². The topological polar surface area (TPSA) is 29.3 Å². The Balaban J connectivity index is 1.89. The molecule has 3 atom stereocenters. The maximum Gasteiger partial charge on any atom is 0.146 e. The predicted octanol–water partition coefficient (Wildman–Crippen LogP) is 2.83. The van der Waals surface area contributed by atoms with Gasteiger partial charge >= 0.3 is 0 Å². The van der Waals surface area contributed by atoms with E-state index in [0.717, 1.165) is 23.7 Å². The summed E-state index contributed by atoms with van der Waals surface area (Å²) >= 11 is 0. The van der Waals surface area contributed by atoms with Crippen LogP contribution in [0.5, 0.6) is 0 Å². The van der Waals surface area contributed by atoms with Crippen LogP contribution >= 0.6 is 0 Å². The molecule has 0 amide bonds. The summed E-state index contributed by atoms with van der Waals surface area (Å²) in [6.07, 6.45) is 3.79. The van der Waals surface area contributed by atoms with E-state index in [1.54, 1.807) is 6.07 Å². The number of nitrogens with two attached hydrogens (primary N) is 1. The summed E-state index contributed by atoms with van der Waals surface area (Å²) in [6.45, 7) is 2.91. The molecule has 17 heavy (non-hydrogen) atoms. The number of fused-ring (bicyclic) bond motifs is 2. The van der Waals surface area contributed by atoms with Gasteiger partial charge in [0.2, 0.25) is 0 Å². The second-order valence-electron chi connectivity index (χ2n) is 5.48. The highest BCUT2D eigenvalue weighted by atomic mass is 19.1. The van der Waals surface area contributed by atoms with Crippen LogP contribution in [0.4, 0.5) is 10.1 Å². The van der Waals surface area contributed by atoms with Gasteiger partial charge in [-0.2, -0.15) is 0 Å². The van der Waals surface area contributed by atoms with E-state index in [0.29, 0.717) is 6.04 Å². The average Bonchev–Trinajstić information content (AvgIpc) is 2.90. The molecule has 92 valence electrons. The Hall–Kier alpha value is -1.09. The van der Waals surface area contributed by atoms with E-state index in [9.17, 15) is 4.39 Å². The molecule has 0 radical (unpaired) electrons. The number of benzene rings is 1. The SMILES string of the molecule is CC(N)c1ccc(N2CC3CCC2C3)c(F)c1. The van der Waals surface area contributed by atoms with Crippen molar-refractivity contribution in [3.8, 4) is 0 Å². The van der Waals surface area contributed by atoms with Gasteiger partial charge in [0, 0.05) is 18.6 Å². The fraction of sp³-hybridized carbons (Fsp3) is 0.571. The van der Waals surface area contributed by atoms with Crippen molar-refractivity contribution in [3.63, 3.8) is 0 Å². The van der Waals surface area contributed by atoms with Crippen LogP contribution in [0.1, 0.15) is 37.8 Å². The molecule has 1 saturated heterocycles. The lowest BCUT2D eigenvalue weighted by Gasteiger charge is -2.29. The lowest BCUT2D eigenvalue weighted by molar-refractivity contribution is 0.539. The summed E-state index contributed by atoms with van der Waals surface area (Å²) in [6, 6.07) is 5.90. The molecule has 0 spiro atoms. The minimum Gasteiger partial charge on any atom is -0.366 e. The van der Waals surface area contributed by atoms with Gasteiger partial charge in [-0.1, -0.05) is 6.07 Å². The molecule has 1 aromatic carbocycles. The van der Waals surface area contributed by atoms with Gasteiger partial charge in [0.1, 0.15) is 5.82 Å². The van der Waals surface area contributed by atoms with Crippen molar-refractivity contribution in [2.45, 2.75) is 38.3 Å². The third-order valence-corrected chi connectivity index (χ3v) is 4.22. The Morgan fingerprint density at radius 2 is 2.24 bits per heavy atom. The zero-order chi connectivity index (χ0) is 12.0. The van der Waals surface area contributed by atoms with Gasteiger partial charge in [-0.05, 0) is 49.8 Å². The highest BCUT2D eigenvalue weighted by Crippen LogP contribution is 2.41. The van der Waals surface area contributed by atoms with E-state index in [-0.39, 0.29) is 11.9 Å². The van der Waals surface area contributed by atoms with Gasteiger partial charge in [0.15, 0.2) is 0 Å². The highest BCUT2D eigenvalue weighted by molar-refractivity contribution is 5.52. The molecule has 2 nitrogen and oxygen atoms in total. The average molecular weight is 234 g/mol. The number of piperidine rings is 1. The van der Waals surface area contributed by atoms with Crippen LogP contribution in [-0.2, 0) is 0 Å². The Bertz CT molecular complexity index is 430. The number of halogens is 1. The molecule has 3 heteroatoms. The molecule has 2 N–H and O–H groups in total. The quantitative estimate of drug-likeness (QED) is 0.852. The standard InChI is InChI=1S/C14H19FN2/c1-9(16)11-3-5-14(13(15)7-11)17-8-10-2-4-12(17)6-10/h3,5,7,9-10,12H,2,4,6,8,16H2,1H3. The lowest BCUT2D eigenvalue weighted by Crippen LogP contribution is -2.32. The van der Waals surface area contributed by atoms with Crippen molar-refractivity contribution < 1.29 is 4.39 Å². The first-order valence-electron chi connectivity index (χ1n) is 6.47. The zero-order valence-corrected chi connectivity index (χ0v) is 10.2. The van der Waals surface area contributed by atoms with E-state index in [4.69, 9.17) is 5.73 Å². The van der Waals surface area contributed by atoms with Crippen LogP contribution in [0.2, 0.25) is 0 Å². The molecule has 3 unspecified atom stereocenters. The van der Waals surface area contributed by atoms with E-state index >= 15 is 0 Å². The van der Waals surface area contributed by atoms with Gasteiger partial charge < -0.3 is 10.6 Å². The third kappa shape index (κ3) is 1.82. The molecule has 1 saturated carbocycles. The monoisotopic (exact) mass is 234 g/mol. The summed E-state index contributed by atoms with van der Waals surface area (Å²) in [5, 5.41) is 0. The summed E-state index contributed by atoms with van der Waals surface area (Å²) < 4.78 is 14.1. The number of hydrogen-bond acceptors (Lipinski definition) is 2. The first kappa shape index (κ1) is 11.0. The lowest BCUT2D eigenvalue weighted by atomic mass is 10.1. The number of nitrogens with zero attached hydrogens (tertiary/aromatic N) is 1. The minimum atomic E-state index is -0.118. The van der Waals surface area contributed by atoms with Crippen LogP contribution in [0.15, 0.2) is 18.2 Å². The van der Waals surface area contributed by atoms with Crippen LogP contribution < -0.4 is 10.6 Å². The summed E-state index contributed by atoms with van der Waals surface area (Å²) in [7, 11) is 0. The maximum absolute atomic E-state index is 14.1. The van der Waals surface area contributed by atoms with Crippen molar-refractivity contribution in [1.29, 1.82) is 0 Å². The largest absolute Gasteiger partial charge is 0.366 e. The summed E-state index contributed by atoms with van der Waals surface area (Å²) in [5.41, 5.74) is 7.40. The Labute approximate surface area is 102 Å². The fourth-order valence-corrected chi connectivity index (χ4v) is 3.26. The third-order valence-electron chi connectivity index (χ3n) is 4.22. The number of anilines is 1. The molecule has 2 fully saturated rings. The molecule has 3 rings (SSSR count). The maximum atomic E-state index is 14.1. The van der Waals surface area contributed by atoms with Crippen LogP contribution in [0, 0.1) is 11.7 Å². The predicted molar refractivity (Wildman–Crippen MR) is 67.5 cm³/mol. The molecule has 1 aliphatic carbocycles. The Morgan fingerprint density at radius 3 is 2.76 bits per heavy atom. The van der Waals surface area contributed by atoms with Crippen LogP contribution in [-0.4, -0.2) is 12.6 Å². The van der Waals surface area contributed by atoms with Crippen molar-refractivity contribution in [1.82, 2.24) is 0 Å². The molecule has 1 heterocycles. The normalized spacial score (nSPS) is 28.8.